The van der Waals surface area contributed by atoms with Gasteiger partial charge in [-0.15, -0.1) is 0 Å². The molecule has 22 heavy (non-hydrogen) atoms. The van der Waals surface area contributed by atoms with Crippen LogP contribution in [0.1, 0.15) is 17.2 Å². The summed E-state index contributed by atoms with van der Waals surface area (Å²) in [6.45, 7) is 3.24. The number of nitrogens with zero attached hydrogens (tertiary/aromatic N) is 1. The van der Waals surface area contributed by atoms with Gasteiger partial charge in [-0.2, -0.15) is 0 Å². The van der Waals surface area contributed by atoms with Gasteiger partial charge >= 0.3 is 0 Å². The Morgan fingerprint density at radius 1 is 0.909 bits per heavy atom. The van der Waals surface area contributed by atoms with Crippen LogP contribution in [0.5, 0.6) is 0 Å². The van der Waals surface area contributed by atoms with E-state index >= 15 is 0 Å². The largest absolute Gasteiger partial charge is 0.387 e. The van der Waals surface area contributed by atoms with Gasteiger partial charge in [0.05, 0.1) is 19.3 Å². The van der Waals surface area contributed by atoms with E-state index in [1.165, 1.54) is 5.56 Å². The average Bonchev–Trinajstić information content (AvgIpc) is 2.61. The van der Waals surface area contributed by atoms with Crippen LogP contribution in [-0.2, 0) is 11.2 Å². The molecule has 0 bridgehead atoms. The zero-order chi connectivity index (χ0) is 15.2. The van der Waals surface area contributed by atoms with E-state index in [-0.39, 0.29) is 6.04 Å². The standard InChI is InChI=1S/C19H23NO2/c21-19(17-9-5-2-6-10-17)18(20-11-13-22-14-12-20)15-16-7-3-1-4-8-16/h1-10,18-19,21H,11-15H2. The third kappa shape index (κ3) is 3.74. The number of ether oxygens (including phenoxy) is 1. The molecule has 1 saturated heterocycles. The Morgan fingerprint density at radius 2 is 1.50 bits per heavy atom. The van der Waals surface area contributed by atoms with Crippen molar-refractivity contribution in [3.63, 3.8) is 0 Å². The molecule has 0 spiro atoms. The first-order valence-electron chi connectivity index (χ1n) is 7.93. The van der Waals surface area contributed by atoms with Crippen LogP contribution in [0.3, 0.4) is 0 Å². The van der Waals surface area contributed by atoms with Gasteiger partial charge in [-0.3, -0.25) is 4.90 Å². The first-order chi connectivity index (χ1) is 10.8. The van der Waals surface area contributed by atoms with Crippen molar-refractivity contribution in [2.45, 2.75) is 18.6 Å². The Hall–Kier alpha value is -1.68. The lowest BCUT2D eigenvalue weighted by Gasteiger charge is -2.37. The summed E-state index contributed by atoms with van der Waals surface area (Å²) in [4.78, 5) is 2.36. The average molecular weight is 297 g/mol. The molecule has 1 aliphatic rings. The molecule has 0 aromatic heterocycles. The Bertz CT molecular complexity index is 552. The van der Waals surface area contributed by atoms with Crippen LogP contribution in [-0.4, -0.2) is 42.4 Å². The Labute approximate surface area is 132 Å². The van der Waals surface area contributed by atoms with Crippen molar-refractivity contribution in [3.05, 3.63) is 71.8 Å². The molecule has 0 saturated carbocycles. The van der Waals surface area contributed by atoms with Gasteiger partial charge in [-0.25, -0.2) is 0 Å². The third-order valence-corrected chi connectivity index (χ3v) is 4.31. The number of benzene rings is 2. The second-order valence-electron chi connectivity index (χ2n) is 5.76. The fourth-order valence-corrected chi connectivity index (χ4v) is 3.08. The SMILES string of the molecule is OC(c1ccccc1)C(Cc1ccccc1)N1CCOCC1. The van der Waals surface area contributed by atoms with Gasteiger partial charge in [0.25, 0.3) is 0 Å². The lowest BCUT2D eigenvalue weighted by atomic mass is 9.94. The molecular weight excluding hydrogens is 274 g/mol. The Balaban J connectivity index is 1.81. The number of morpholine rings is 1. The lowest BCUT2D eigenvalue weighted by molar-refractivity contribution is -0.0224. The molecule has 1 N–H and O–H groups in total. The predicted octanol–water partition coefficient (Wildman–Crippen LogP) is 2.66. The number of aliphatic hydroxyl groups excluding tert-OH is 1. The van der Waals surface area contributed by atoms with Crippen LogP contribution in [0.4, 0.5) is 0 Å². The van der Waals surface area contributed by atoms with Crippen LogP contribution < -0.4 is 0 Å². The molecule has 2 atom stereocenters. The summed E-state index contributed by atoms with van der Waals surface area (Å²) < 4.78 is 5.46. The molecule has 1 heterocycles. The summed E-state index contributed by atoms with van der Waals surface area (Å²) in [5.74, 6) is 0. The molecule has 3 heteroatoms. The predicted molar refractivity (Wildman–Crippen MR) is 87.7 cm³/mol. The zero-order valence-corrected chi connectivity index (χ0v) is 12.8. The van der Waals surface area contributed by atoms with Crippen LogP contribution in [0, 0.1) is 0 Å². The summed E-state index contributed by atoms with van der Waals surface area (Å²) in [5, 5.41) is 10.9. The number of hydrogen-bond donors (Lipinski definition) is 1. The fraction of sp³-hybridized carbons (Fsp3) is 0.368. The molecule has 2 aromatic carbocycles. The molecular formula is C19H23NO2. The van der Waals surface area contributed by atoms with Crippen LogP contribution in [0.15, 0.2) is 60.7 Å². The van der Waals surface area contributed by atoms with Gasteiger partial charge in [0.15, 0.2) is 0 Å². The summed E-state index contributed by atoms with van der Waals surface area (Å²) >= 11 is 0. The van der Waals surface area contributed by atoms with Crippen molar-refractivity contribution in [1.29, 1.82) is 0 Å². The molecule has 0 amide bonds. The maximum Gasteiger partial charge on any atom is 0.0948 e. The Morgan fingerprint density at radius 3 is 2.14 bits per heavy atom. The van der Waals surface area contributed by atoms with Crippen molar-refractivity contribution in [2.24, 2.45) is 0 Å². The summed E-state index contributed by atoms with van der Waals surface area (Å²) in [6.07, 6.45) is 0.358. The van der Waals surface area contributed by atoms with Gasteiger partial charge in [0.2, 0.25) is 0 Å². The third-order valence-electron chi connectivity index (χ3n) is 4.31. The van der Waals surface area contributed by atoms with Crippen molar-refractivity contribution in [3.8, 4) is 0 Å². The fourth-order valence-electron chi connectivity index (χ4n) is 3.08. The molecule has 3 rings (SSSR count). The molecule has 1 fully saturated rings. The minimum Gasteiger partial charge on any atom is -0.387 e. The van der Waals surface area contributed by atoms with E-state index in [4.69, 9.17) is 4.74 Å². The highest BCUT2D eigenvalue weighted by Gasteiger charge is 2.28. The number of aliphatic hydroxyl groups is 1. The quantitative estimate of drug-likeness (QED) is 0.921. The van der Waals surface area contributed by atoms with Crippen molar-refractivity contribution in [1.82, 2.24) is 4.90 Å². The van der Waals surface area contributed by atoms with Crippen LogP contribution in [0.2, 0.25) is 0 Å². The second kappa shape index (κ2) is 7.54. The molecule has 2 aromatic rings. The van der Waals surface area contributed by atoms with Crippen molar-refractivity contribution < 1.29 is 9.84 Å². The van der Waals surface area contributed by atoms with E-state index < -0.39 is 6.10 Å². The normalized spacial score (nSPS) is 18.8. The summed E-state index contributed by atoms with van der Waals surface area (Å²) in [7, 11) is 0. The van der Waals surface area contributed by atoms with E-state index in [0.29, 0.717) is 0 Å². The first kappa shape index (κ1) is 15.2. The minimum absolute atomic E-state index is 0.0775. The lowest BCUT2D eigenvalue weighted by Crippen LogP contribution is -2.47. The maximum atomic E-state index is 10.9. The smallest absolute Gasteiger partial charge is 0.0948 e. The van der Waals surface area contributed by atoms with Gasteiger partial charge in [0, 0.05) is 19.1 Å². The van der Waals surface area contributed by atoms with Crippen LogP contribution >= 0.6 is 0 Å². The van der Waals surface area contributed by atoms with Gasteiger partial charge in [-0.1, -0.05) is 60.7 Å². The van der Waals surface area contributed by atoms with Crippen molar-refractivity contribution >= 4 is 0 Å². The first-order valence-corrected chi connectivity index (χ1v) is 7.93. The highest BCUT2D eigenvalue weighted by Crippen LogP contribution is 2.25. The monoisotopic (exact) mass is 297 g/mol. The minimum atomic E-state index is -0.487. The van der Waals surface area contributed by atoms with E-state index in [1.54, 1.807) is 0 Å². The molecule has 2 unspecified atom stereocenters. The zero-order valence-electron chi connectivity index (χ0n) is 12.8. The van der Waals surface area contributed by atoms with Gasteiger partial charge < -0.3 is 9.84 Å². The van der Waals surface area contributed by atoms with E-state index in [1.807, 2.05) is 36.4 Å². The van der Waals surface area contributed by atoms with Gasteiger partial charge in [-0.05, 0) is 17.5 Å². The second-order valence-corrected chi connectivity index (χ2v) is 5.76. The van der Waals surface area contributed by atoms with Crippen LogP contribution in [0.25, 0.3) is 0 Å². The van der Waals surface area contributed by atoms with E-state index in [9.17, 15) is 5.11 Å². The van der Waals surface area contributed by atoms with E-state index in [0.717, 1.165) is 38.3 Å². The molecule has 116 valence electrons. The summed E-state index contributed by atoms with van der Waals surface area (Å²) in [5.41, 5.74) is 2.24. The Kier molecular flexibility index (Phi) is 5.22. The molecule has 1 aliphatic heterocycles. The maximum absolute atomic E-state index is 10.9. The topological polar surface area (TPSA) is 32.7 Å². The van der Waals surface area contributed by atoms with Gasteiger partial charge in [0.1, 0.15) is 0 Å². The number of rotatable bonds is 5. The highest BCUT2D eigenvalue weighted by atomic mass is 16.5. The molecule has 3 nitrogen and oxygen atoms in total. The van der Waals surface area contributed by atoms with E-state index in [2.05, 4.69) is 29.2 Å². The molecule has 0 aliphatic carbocycles. The van der Waals surface area contributed by atoms with Crippen molar-refractivity contribution in [2.75, 3.05) is 26.3 Å². The highest BCUT2D eigenvalue weighted by molar-refractivity contribution is 5.22. The summed E-state index contributed by atoms with van der Waals surface area (Å²) in [6, 6.07) is 20.4. The number of hydrogen-bond acceptors (Lipinski definition) is 3. The molecule has 0 radical (unpaired) electrons.